The van der Waals surface area contributed by atoms with Gasteiger partial charge in [0.05, 0.1) is 0 Å². The van der Waals surface area contributed by atoms with Gasteiger partial charge in [-0.15, -0.1) is 0 Å². The van der Waals surface area contributed by atoms with Crippen LogP contribution < -0.4 is 5.73 Å². The summed E-state index contributed by atoms with van der Waals surface area (Å²) in [5.41, 5.74) is 8.86. The van der Waals surface area contributed by atoms with Crippen molar-refractivity contribution in [2.45, 2.75) is 6.04 Å². The van der Waals surface area contributed by atoms with E-state index in [-0.39, 0.29) is 6.04 Å². The molecule has 20 heavy (non-hydrogen) atoms. The summed E-state index contributed by atoms with van der Waals surface area (Å²) in [6.07, 6.45) is 1.79. The molecular weight excluding hydrogens is 248 g/mol. The Bertz CT molecular complexity index is 633. The third-order valence-corrected chi connectivity index (χ3v) is 3.24. The number of rotatable bonds is 3. The lowest BCUT2D eigenvalue weighted by atomic mass is 10.1. The van der Waals surface area contributed by atoms with Crippen LogP contribution in [0.2, 0.25) is 0 Å². The van der Waals surface area contributed by atoms with Gasteiger partial charge in [0.1, 0.15) is 12.6 Å². The van der Waals surface area contributed by atoms with Gasteiger partial charge >= 0.3 is 0 Å². The first-order valence-corrected chi connectivity index (χ1v) is 6.61. The average Bonchev–Trinajstić information content (AvgIpc) is 2.97. The summed E-state index contributed by atoms with van der Waals surface area (Å²) in [6.45, 7) is 0.567. The van der Waals surface area contributed by atoms with Crippen LogP contribution in [0.5, 0.6) is 0 Å². The van der Waals surface area contributed by atoms with E-state index >= 15 is 0 Å². The molecular formula is C17H16N2O. The fraction of sp³-hybridized carbons (Fsp3) is 0.118. The number of ether oxygens (including phenoxy) is 1. The van der Waals surface area contributed by atoms with Crippen molar-refractivity contribution in [1.29, 1.82) is 0 Å². The lowest BCUT2D eigenvalue weighted by molar-refractivity contribution is 0.321. The summed E-state index contributed by atoms with van der Waals surface area (Å²) in [5.74, 6) is 0.597. The van der Waals surface area contributed by atoms with E-state index in [0.29, 0.717) is 18.2 Å². The molecule has 2 aromatic carbocycles. The van der Waals surface area contributed by atoms with Gasteiger partial charge in [0.15, 0.2) is 0 Å². The van der Waals surface area contributed by atoms with Crippen LogP contribution >= 0.6 is 0 Å². The van der Waals surface area contributed by atoms with Crippen LogP contribution in [0.3, 0.4) is 0 Å². The normalized spacial score (nSPS) is 18.5. The average molecular weight is 264 g/mol. The topological polar surface area (TPSA) is 47.6 Å². The molecule has 1 aliphatic rings. The number of nitrogens with zero attached hydrogens (tertiary/aromatic N) is 1. The molecule has 0 saturated carbocycles. The molecule has 0 aliphatic carbocycles. The van der Waals surface area contributed by atoms with Crippen molar-refractivity contribution in [3.05, 3.63) is 77.9 Å². The molecule has 0 aromatic heterocycles. The first kappa shape index (κ1) is 12.5. The van der Waals surface area contributed by atoms with Crippen LogP contribution in [0, 0.1) is 0 Å². The number of aliphatic imine (C=N–C) groups is 1. The molecule has 0 bridgehead atoms. The van der Waals surface area contributed by atoms with Gasteiger partial charge in [0.25, 0.3) is 0 Å². The van der Waals surface area contributed by atoms with E-state index in [0.717, 1.165) is 11.1 Å². The summed E-state index contributed by atoms with van der Waals surface area (Å²) in [6, 6.07) is 20.0. The molecule has 3 heteroatoms. The maximum atomic E-state index is 6.06. The Labute approximate surface area is 118 Å². The van der Waals surface area contributed by atoms with Crippen molar-refractivity contribution >= 4 is 11.6 Å². The molecule has 2 aromatic rings. The largest absolute Gasteiger partial charge is 0.475 e. The van der Waals surface area contributed by atoms with Gasteiger partial charge in [0.2, 0.25) is 5.90 Å². The Hall–Kier alpha value is -2.55. The number of hydrogen-bond acceptors (Lipinski definition) is 3. The smallest absolute Gasteiger partial charge is 0.211 e. The molecule has 0 saturated heterocycles. The minimum absolute atomic E-state index is 0.0611. The fourth-order valence-corrected chi connectivity index (χ4v) is 2.16. The summed E-state index contributed by atoms with van der Waals surface area (Å²) >= 11 is 0. The Morgan fingerprint density at radius 2 is 1.70 bits per heavy atom. The predicted octanol–water partition coefficient (Wildman–Crippen LogP) is 3.16. The van der Waals surface area contributed by atoms with Crippen LogP contribution in [-0.2, 0) is 4.74 Å². The van der Waals surface area contributed by atoms with E-state index < -0.39 is 0 Å². The van der Waals surface area contributed by atoms with E-state index in [1.54, 1.807) is 6.08 Å². The minimum Gasteiger partial charge on any atom is -0.475 e. The van der Waals surface area contributed by atoms with Crippen molar-refractivity contribution in [1.82, 2.24) is 0 Å². The van der Waals surface area contributed by atoms with Crippen molar-refractivity contribution in [2.24, 2.45) is 10.7 Å². The maximum absolute atomic E-state index is 6.06. The lowest BCUT2D eigenvalue weighted by Crippen LogP contribution is -2.02. The molecule has 1 atom stereocenters. The highest BCUT2D eigenvalue weighted by Crippen LogP contribution is 2.23. The quantitative estimate of drug-likeness (QED) is 0.925. The second-order valence-electron chi connectivity index (χ2n) is 4.67. The molecule has 1 heterocycles. The van der Waals surface area contributed by atoms with E-state index in [1.165, 1.54) is 0 Å². The maximum Gasteiger partial charge on any atom is 0.211 e. The number of benzene rings is 2. The third-order valence-electron chi connectivity index (χ3n) is 3.24. The second-order valence-corrected chi connectivity index (χ2v) is 4.67. The highest BCUT2D eigenvalue weighted by Gasteiger charge is 2.19. The Balaban J connectivity index is 1.79. The summed E-state index contributed by atoms with van der Waals surface area (Å²) in [7, 11) is 0. The van der Waals surface area contributed by atoms with Crippen molar-refractivity contribution in [3.63, 3.8) is 0 Å². The Kier molecular flexibility index (Phi) is 3.50. The van der Waals surface area contributed by atoms with Crippen LogP contribution in [0.1, 0.15) is 17.2 Å². The van der Waals surface area contributed by atoms with Crippen molar-refractivity contribution < 1.29 is 4.74 Å². The minimum atomic E-state index is 0.0611. The lowest BCUT2D eigenvalue weighted by Gasteiger charge is -2.03. The molecule has 0 amide bonds. The van der Waals surface area contributed by atoms with Gasteiger partial charge in [-0.1, -0.05) is 60.7 Å². The van der Waals surface area contributed by atoms with E-state index in [2.05, 4.69) is 17.1 Å². The van der Waals surface area contributed by atoms with Crippen LogP contribution in [0.15, 0.2) is 71.7 Å². The van der Waals surface area contributed by atoms with Gasteiger partial charge in [-0.3, -0.25) is 0 Å². The molecule has 3 nitrogen and oxygen atoms in total. The highest BCUT2D eigenvalue weighted by molar-refractivity contribution is 5.95. The highest BCUT2D eigenvalue weighted by atomic mass is 16.5. The van der Waals surface area contributed by atoms with Gasteiger partial charge in [-0.05, 0) is 11.1 Å². The Morgan fingerprint density at radius 3 is 2.40 bits per heavy atom. The van der Waals surface area contributed by atoms with Crippen LogP contribution in [0.25, 0.3) is 5.70 Å². The molecule has 3 rings (SSSR count). The summed E-state index contributed by atoms with van der Waals surface area (Å²) in [4.78, 5) is 4.56. The van der Waals surface area contributed by atoms with E-state index in [1.807, 2.05) is 48.5 Å². The van der Waals surface area contributed by atoms with Gasteiger partial charge < -0.3 is 10.5 Å². The zero-order valence-electron chi connectivity index (χ0n) is 11.1. The monoisotopic (exact) mass is 264 g/mol. The predicted molar refractivity (Wildman–Crippen MR) is 81.2 cm³/mol. The summed E-state index contributed by atoms with van der Waals surface area (Å²) < 4.78 is 5.61. The molecule has 1 aliphatic heterocycles. The number of nitrogens with two attached hydrogens (primary N) is 1. The zero-order valence-corrected chi connectivity index (χ0v) is 11.1. The van der Waals surface area contributed by atoms with Crippen LogP contribution in [0.4, 0.5) is 0 Å². The molecule has 100 valence electrons. The van der Waals surface area contributed by atoms with E-state index in [9.17, 15) is 0 Å². The summed E-state index contributed by atoms with van der Waals surface area (Å²) in [5, 5.41) is 0. The first-order chi connectivity index (χ1) is 9.83. The molecule has 0 fully saturated rings. The van der Waals surface area contributed by atoms with Gasteiger partial charge in [0, 0.05) is 11.8 Å². The van der Waals surface area contributed by atoms with Gasteiger partial charge in [-0.25, -0.2) is 4.99 Å². The number of hydrogen-bond donors (Lipinski definition) is 1. The van der Waals surface area contributed by atoms with Crippen LogP contribution in [-0.4, -0.2) is 12.5 Å². The molecule has 0 radical (unpaired) electrons. The molecule has 0 unspecified atom stereocenters. The first-order valence-electron chi connectivity index (χ1n) is 6.61. The van der Waals surface area contributed by atoms with Gasteiger partial charge in [-0.2, -0.15) is 0 Å². The standard InChI is InChI=1S/C17H16N2O/c18-15(13-7-3-1-4-8-13)11-17-19-16(12-20-17)14-9-5-2-6-10-14/h1-11,16H,12,18H2/t16-/m0/s1. The zero-order chi connectivity index (χ0) is 13.8. The third kappa shape index (κ3) is 2.72. The molecule has 2 N–H and O–H groups in total. The Morgan fingerprint density at radius 1 is 1.05 bits per heavy atom. The van der Waals surface area contributed by atoms with E-state index in [4.69, 9.17) is 10.5 Å². The fourth-order valence-electron chi connectivity index (χ4n) is 2.16. The van der Waals surface area contributed by atoms with Crippen molar-refractivity contribution in [2.75, 3.05) is 6.61 Å². The van der Waals surface area contributed by atoms with Crippen molar-refractivity contribution in [3.8, 4) is 0 Å². The SMILES string of the molecule is NC(=CC1=N[C@H](c2ccccc2)CO1)c1ccccc1. The second kappa shape index (κ2) is 5.61. The molecule has 0 spiro atoms.